The molecule has 1 heterocycles. The number of carboxylic acids is 1. The van der Waals surface area contributed by atoms with E-state index in [1.54, 1.807) is 0 Å². The molecule has 0 aliphatic heterocycles. The van der Waals surface area contributed by atoms with Crippen molar-refractivity contribution in [2.75, 3.05) is 25.6 Å². The molecule has 20 heavy (non-hydrogen) atoms. The number of sulfonamides is 1. The van der Waals surface area contributed by atoms with Crippen molar-refractivity contribution in [2.45, 2.75) is 10.6 Å². The summed E-state index contributed by atoms with van der Waals surface area (Å²) in [4.78, 5) is 11.0. The molecule has 7 nitrogen and oxygen atoms in total. The molecule has 10 heteroatoms. The Morgan fingerprint density at radius 2 is 1.90 bits per heavy atom. The van der Waals surface area contributed by atoms with Gasteiger partial charge in [0.05, 0.1) is 12.2 Å². The Morgan fingerprint density at radius 1 is 1.30 bits per heavy atom. The topological polar surface area (TPSA) is 109 Å². The average molecular weight is 341 g/mol. The van der Waals surface area contributed by atoms with Crippen LogP contribution in [0.3, 0.4) is 0 Å². The highest BCUT2D eigenvalue weighted by molar-refractivity contribution is 7.91. The minimum Gasteiger partial charge on any atom is -0.481 e. The molecule has 0 aliphatic rings. The maximum atomic E-state index is 12.1. The minimum atomic E-state index is -3.78. The second-order valence-electron chi connectivity index (χ2n) is 4.25. The highest BCUT2D eigenvalue weighted by atomic mass is 32.2. The molecule has 0 radical (unpaired) electrons. The van der Waals surface area contributed by atoms with E-state index < -0.39 is 25.8 Å². The first-order chi connectivity index (χ1) is 9.02. The molecule has 0 saturated carbocycles. The molecule has 0 saturated heterocycles. The van der Waals surface area contributed by atoms with E-state index in [0.29, 0.717) is 4.88 Å². The summed E-state index contributed by atoms with van der Waals surface area (Å²) in [6.45, 7) is -0.146. The van der Waals surface area contributed by atoms with Crippen molar-refractivity contribution in [2.24, 2.45) is 0 Å². The third kappa shape index (κ3) is 4.85. The van der Waals surface area contributed by atoms with Crippen molar-refractivity contribution < 1.29 is 26.7 Å². The SMILES string of the molecule is CN(CCS(C)(=O)=O)S(=O)(=O)c1ccc(CC(=O)O)s1. The number of rotatable bonds is 7. The van der Waals surface area contributed by atoms with Crippen LogP contribution in [-0.4, -0.2) is 57.8 Å². The van der Waals surface area contributed by atoms with Crippen LogP contribution in [0.4, 0.5) is 0 Å². The maximum Gasteiger partial charge on any atom is 0.308 e. The van der Waals surface area contributed by atoms with Crippen molar-refractivity contribution in [3.8, 4) is 0 Å². The van der Waals surface area contributed by atoms with Gasteiger partial charge in [-0.25, -0.2) is 16.8 Å². The van der Waals surface area contributed by atoms with E-state index in [2.05, 4.69) is 0 Å². The summed E-state index contributed by atoms with van der Waals surface area (Å²) in [6.07, 6.45) is 0.788. The summed E-state index contributed by atoms with van der Waals surface area (Å²) in [5.41, 5.74) is 0. The minimum absolute atomic E-state index is 0.00440. The Bertz CT molecular complexity index is 688. The Balaban J connectivity index is 2.87. The van der Waals surface area contributed by atoms with Crippen LogP contribution in [-0.2, 0) is 31.1 Å². The molecule has 0 fully saturated rings. The van der Waals surface area contributed by atoms with Crippen molar-refractivity contribution in [1.82, 2.24) is 4.31 Å². The quantitative estimate of drug-likeness (QED) is 0.750. The number of hydrogen-bond donors (Lipinski definition) is 1. The van der Waals surface area contributed by atoms with Gasteiger partial charge in [-0.05, 0) is 12.1 Å². The van der Waals surface area contributed by atoms with E-state index in [4.69, 9.17) is 5.11 Å². The molecule has 0 unspecified atom stereocenters. The molecule has 1 N–H and O–H groups in total. The Hall–Kier alpha value is -0.970. The van der Waals surface area contributed by atoms with Gasteiger partial charge in [0.25, 0.3) is 10.0 Å². The van der Waals surface area contributed by atoms with Gasteiger partial charge in [0.1, 0.15) is 14.0 Å². The highest BCUT2D eigenvalue weighted by Gasteiger charge is 2.23. The first-order valence-electron chi connectivity index (χ1n) is 5.47. The number of hydrogen-bond acceptors (Lipinski definition) is 6. The van der Waals surface area contributed by atoms with Crippen LogP contribution in [0.5, 0.6) is 0 Å². The first-order valence-corrected chi connectivity index (χ1v) is 9.78. The lowest BCUT2D eigenvalue weighted by Gasteiger charge is -2.15. The fourth-order valence-corrected chi connectivity index (χ4v) is 4.76. The van der Waals surface area contributed by atoms with Gasteiger partial charge in [-0.15, -0.1) is 11.3 Å². The number of aliphatic carboxylic acids is 1. The lowest BCUT2D eigenvalue weighted by atomic mass is 10.3. The van der Waals surface area contributed by atoms with Gasteiger partial charge in [-0.1, -0.05) is 0 Å². The number of nitrogens with zero attached hydrogens (tertiary/aromatic N) is 1. The molecule has 0 spiro atoms. The predicted octanol–water partition coefficient (Wildman–Crippen LogP) is 0.0403. The molecule has 1 aromatic heterocycles. The average Bonchev–Trinajstić information content (AvgIpc) is 2.72. The van der Waals surface area contributed by atoms with Gasteiger partial charge in [-0.2, -0.15) is 4.31 Å². The largest absolute Gasteiger partial charge is 0.481 e. The highest BCUT2D eigenvalue weighted by Crippen LogP contribution is 2.24. The zero-order valence-corrected chi connectivity index (χ0v) is 13.4. The normalized spacial score (nSPS) is 12.8. The van der Waals surface area contributed by atoms with Gasteiger partial charge in [0, 0.05) is 24.7 Å². The van der Waals surface area contributed by atoms with Crippen LogP contribution in [0.15, 0.2) is 16.3 Å². The van der Waals surface area contributed by atoms with E-state index in [0.717, 1.165) is 21.9 Å². The molecule has 0 atom stereocenters. The van der Waals surface area contributed by atoms with Crippen molar-refractivity contribution in [1.29, 1.82) is 0 Å². The van der Waals surface area contributed by atoms with Crippen LogP contribution in [0.1, 0.15) is 4.88 Å². The van der Waals surface area contributed by atoms with Crippen molar-refractivity contribution >= 4 is 37.2 Å². The van der Waals surface area contributed by atoms with E-state index in [9.17, 15) is 21.6 Å². The lowest BCUT2D eigenvalue weighted by molar-refractivity contribution is -0.136. The Morgan fingerprint density at radius 3 is 2.40 bits per heavy atom. The molecule has 1 rings (SSSR count). The summed E-state index contributed by atoms with van der Waals surface area (Å²) in [7, 11) is -5.75. The summed E-state index contributed by atoms with van der Waals surface area (Å²) in [5.74, 6) is -1.31. The summed E-state index contributed by atoms with van der Waals surface area (Å²) < 4.78 is 47.3. The van der Waals surface area contributed by atoms with Gasteiger partial charge < -0.3 is 5.11 Å². The monoisotopic (exact) mass is 341 g/mol. The molecular weight excluding hydrogens is 326 g/mol. The van der Waals surface area contributed by atoms with Gasteiger partial charge in [-0.3, -0.25) is 4.79 Å². The molecule has 0 amide bonds. The zero-order chi connectivity index (χ0) is 15.6. The number of sulfone groups is 1. The molecular formula is C10H15NO6S3. The van der Waals surface area contributed by atoms with Gasteiger partial charge in [0.2, 0.25) is 0 Å². The fourth-order valence-electron chi connectivity index (χ4n) is 1.31. The molecule has 0 aromatic carbocycles. The first kappa shape index (κ1) is 17.1. The van der Waals surface area contributed by atoms with Gasteiger partial charge in [0.15, 0.2) is 0 Å². The van der Waals surface area contributed by atoms with Crippen LogP contribution >= 0.6 is 11.3 Å². The lowest BCUT2D eigenvalue weighted by Crippen LogP contribution is -2.31. The Labute approximate surface area is 121 Å². The standard InChI is InChI=1S/C10H15NO6S3/c1-11(5-6-19(2,14)15)20(16,17)10-4-3-8(18-10)7-9(12)13/h3-4H,5-7H2,1-2H3,(H,12,13). The summed E-state index contributed by atoms with van der Waals surface area (Å²) in [6, 6.07) is 2.77. The third-order valence-corrected chi connectivity index (χ3v) is 6.74. The van der Waals surface area contributed by atoms with E-state index in [1.807, 2.05) is 0 Å². The molecule has 1 aromatic rings. The predicted molar refractivity (Wildman–Crippen MR) is 75.2 cm³/mol. The van der Waals surface area contributed by atoms with Crippen LogP contribution in [0.2, 0.25) is 0 Å². The maximum absolute atomic E-state index is 12.1. The smallest absolute Gasteiger partial charge is 0.308 e. The van der Waals surface area contributed by atoms with Crippen LogP contribution in [0.25, 0.3) is 0 Å². The number of carbonyl (C=O) groups is 1. The number of carboxylic acid groups (broad SMARTS) is 1. The van der Waals surface area contributed by atoms with Crippen LogP contribution < -0.4 is 0 Å². The van der Waals surface area contributed by atoms with Crippen molar-refractivity contribution in [3.63, 3.8) is 0 Å². The molecule has 114 valence electrons. The summed E-state index contributed by atoms with van der Waals surface area (Å²) >= 11 is 0.870. The second-order valence-corrected chi connectivity index (χ2v) is 9.95. The Kier molecular flexibility index (Phi) is 5.30. The number of thiophene rings is 1. The van der Waals surface area contributed by atoms with E-state index in [-0.39, 0.29) is 22.9 Å². The van der Waals surface area contributed by atoms with Crippen molar-refractivity contribution in [3.05, 3.63) is 17.0 Å². The zero-order valence-electron chi connectivity index (χ0n) is 10.9. The van der Waals surface area contributed by atoms with Gasteiger partial charge >= 0.3 is 5.97 Å². The van der Waals surface area contributed by atoms with E-state index in [1.165, 1.54) is 19.2 Å². The molecule has 0 aliphatic carbocycles. The molecule has 0 bridgehead atoms. The fraction of sp³-hybridized carbons (Fsp3) is 0.500. The summed E-state index contributed by atoms with van der Waals surface area (Å²) in [5, 5.41) is 8.64. The third-order valence-electron chi connectivity index (χ3n) is 2.40. The van der Waals surface area contributed by atoms with Crippen LogP contribution in [0, 0.1) is 0 Å². The van der Waals surface area contributed by atoms with E-state index >= 15 is 0 Å². The second kappa shape index (κ2) is 6.20.